The first-order chi connectivity index (χ1) is 15.2. The van der Waals surface area contributed by atoms with Crippen molar-refractivity contribution >= 4 is 29.4 Å². The SMILES string of the molecule is CCOC(=O)C(C)N(Cc1ccccc1)C(=O)CN1C(=O)c2ccc([N+](=O)[O-])cc2C1=O. The Morgan fingerprint density at radius 2 is 1.75 bits per heavy atom. The average molecular weight is 439 g/mol. The molecule has 1 atom stereocenters. The van der Waals surface area contributed by atoms with E-state index in [2.05, 4.69) is 0 Å². The maximum absolute atomic E-state index is 13.1. The number of non-ortho nitro benzene ring substituents is 1. The molecule has 0 aromatic heterocycles. The van der Waals surface area contributed by atoms with Crippen LogP contribution in [0.4, 0.5) is 5.69 Å². The fourth-order valence-electron chi connectivity index (χ4n) is 3.37. The van der Waals surface area contributed by atoms with Gasteiger partial charge in [-0.2, -0.15) is 0 Å². The molecule has 0 spiro atoms. The van der Waals surface area contributed by atoms with Gasteiger partial charge in [-0.05, 0) is 25.5 Å². The van der Waals surface area contributed by atoms with Crippen LogP contribution in [0.15, 0.2) is 48.5 Å². The number of carbonyl (C=O) groups is 4. The maximum Gasteiger partial charge on any atom is 0.328 e. The van der Waals surface area contributed by atoms with Gasteiger partial charge in [0.15, 0.2) is 0 Å². The van der Waals surface area contributed by atoms with Crippen LogP contribution in [0.25, 0.3) is 0 Å². The lowest BCUT2D eigenvalue weighted by Gasteiger charge is -2.29. The highest BCUT2D eigenvalue weighted by Crippen LogP contribution is 2.27. The van der Waals surface area contributed by atoms with Gasteiger partial charge >= 0.3 is 5.97 Å². The summed E-state index contributed by atoms with van der Waals surface area (Å²) in [6.07, 6.45) is 0. The van der Waals surface area contributed by atoms with Gasteiger partial charge in [0.1, 0.15) is 12.6 Å². The summed E-state index contributed by atoms with van der Waals surface area (Å²) in [7, 11) is 0. The minimum absolute atomic E-state index is 0.0125. The second-order valence-corrected chi connectivity index (χ2v) is 7.12. The van der Waals surface area contributed by atoms with Crippen molar-refractivity contribution in [3.63, 3.8) is 0 Å². The largest absolute Gasteiger partial charge is 0.464 e. The molecule has 0 N–H and O–H groups in total. The van der Waals surface area contributed by atoms with Crippen LogP contribution in [0.2, 0.25) is 0 Å². The normalized spacial score (nSPS) is 13.5. The third kappa shape index (κ3) is 4.48. The summed E-state index contributed by atoms with van der Waals surface area (Å²) in [5.41, 5.74) is 0.265. The number of amides is 3. The van der Waals surface area contributed by atoms with E-state index in [1.54, 1.807) is 31.2 Å². The number of fused-ring (bicyclic) bond motifs is 1. The van der Waals surface area contributed by atoms with Crippen molar-refractivity contribution in [3.8, 4) is 0 Å². The molecule has 0 aliphatic carbocycles. The van der Waals surface area contributed by atoms with E-state index in [-0.39, 0.29) is 30.0 Å². The van der Waals surface area contributed by atoms with Gasteiger partial charge in [0.05, 0.1) is 22.7 Å². The summed E-state index contributed by atoms with van der Waals surface area (Å²) in [5, 5.41) is 11.0. The van der Waals surface area contributed by atoms with Crippen LogP contribution in [-0.2, 0) is 20.9 Å². The smallest absolute Gasteiger partial charge is 0.328 e. The number of imide groups is 1. The predicted molar refractivity (Wildman–Crippen MR) is 112 cm³/mol. The summed E-state index contributed by atoms with van der Waals surface area (Å²) < 4.78 is 5.03. The Bertz CT molecular complexity index is 1080. The summed E-state index contributed by atoms with van der Waals surface area (Å²) in [4.78, 5) is 63.1. The summed E-state index contributed by atoms with van der Waals surface area (Å²) in [6.45, 7) is 2.73. The zero-order chi connectivity index (χ0) is 23.4. The highest BCUT2D eigenvalue weighted by molar-refractivity contribution is 6.22. The number of carbonyl (C=O) groups excluding carboxylic acids is 4. The first-order valence-electron chi connectivity index (χ1n) is 9.89. The van der Waals surface area contributed by atoms with Gasteiger partial charge in [-0.15, -0.1) is 0 Å². The molecule has 0 radical (unpaired) electrons. The van der Waals surface area contributed by atoms with E-state index in [1.165, 1.54) is 17.9 Å². The summed E-state index contributed by atoms with van der Waals surface area (Å²) in [6, 6.07) is 11.3. The second-order valence-electron chi connectivity index (χ2n) is 7.12. The van der Waals surface area contributed by atoms with E-state index in [0.717, 1.165) is 22.6 Å². The second kappa shape index (κ2) is 9.38. The molecule has 1 heterocycles. The molecule has 1 unspecified atom stereocenters. The van der Waals surface area contributed by atoms with E-state index < -0.39 is 41.2 Å². The molecule has 0 saturated carbocycles. The van der Waals surface area contributed by atoms with Gasteiger partial charge in [0, 0.05) is 18.7 Å². The van der Waals surface area contributed by atoms with Crippen molar-refractivity contribution < 1.29 is 28.8 Å². The van der Waals surface area contributed by atoms with Crippen LogP contribution >= 0.6 is 0 Å². The average Bonchev–Trinajstić information content (AvgIpc) is 3.02. The zero-order valence-electron chi connectivity index (χ0n) is 17.5. The first kappa shape index (κ1) is 22.6. The Hall–Kier alpha value is -4.08. The van der Waals surface area contributed by atoms with Gasteiger partial charge in [-0.25, -0.2) is 4.79 Å². The molecule has 10 nitrogen and oxygen atoms in total. The number of hydrogen-bond donors (Lipinski definition) is 0. The monoisotopic (exact) mass is 439 g/mol. The molecule has 0 bridgehead atoms. The number of benzene rings is 2. The van der Waals surface area contributed by atoms with Crippen LogP contribution in [0.5, 0.6) is 0 Å². The fourth-order valence-corrected chi connectivity index (χ4v) is 3.37. The number of nitrogens with zero attached hydrogens (tertiary/aromatic N) is 3. The molecule has 32 heavy (non-hydrogen) atoms. The summed E-state index contributed by atoms with van der Waals surface area (Å²) >= 11 is 0. The molecule has 1 aliphatic rings. The molecule has 2 aromatic carbocycles. The molecule has 1 aliphatic heterocycles. The Labute approximate surface area is 183 Å². The van der Waals surface area contributed by atoms with Gasteiger partial charge < -0.3 is 9.64 Å². The highest BCUT2D eigenvalue weighted by Gasteiger charge is 2.39. The Balaban J connectivity index is 1.85. The number of esters is 1. The van der Waals surface area contributed by atoms with Gasteiger partial charge in [0.2, 0.25) is 5.91 Å². The van der Waals surface area contributed by atoms with Crippen LogP contribution in [0.3, 0.4) is 0 Å². The fraction of sp³-hybridized carbons (Fsp3) is 0.273. The van der Waals surface area contributed by atoms with E-state index >= 15 is 0 Å². The van der Waals surface area contributed by atoms with Gasteiger partial charge in [-0.1, -0.05) is 30.3 Å². The lowest BCUT2D eigenvalue weighted by molar-refractivity contribution is -0.384. The van der Waals surface area contributed by atoms with Gasteiger partial charge in [-0.3, -0.25) is 29.4 Å². The number of nitro benzene ring substituents is 1. The molecule has 0 fully saturated rings. The Kier molecular flexibility index (Phi) is 6.62. The predicted octanol–water partition coefficient (Wildman–Crippen LogP) is 2.17. The zero-order valence-corrected chi connectivity index (χ0v) is 17.5. The lowest BCUT2D eigenvalue weighted by atomic mass is 10.1. The quantitative estimate of drug-likeness (QED) is 0.267. The minimum atomic E-state index is -0.959. The Morgan fingerprint density at radius 3 is 2.38 bits per heavy atom. The molecule has 10 heteroatoms. The third-order valence-electron chi connectivity index (χ3n) is 5.07. The van der Waals surface area contributed by atoms with Crippen molar-refractivity contribution in [3.05, 3.63) is 75.3 Å². The molecule has 3 amide bonds. The van der Waals surface area contributed by atoms with Crippen LogP contribution in [0.1, 0.15) is 40.1 Å². The van der Waals surface area contributed by atoms with Crippen molar-refractivity contribution in [1.29, 1.82) is 0 Å². The van der Waals surface area contributed by atoms with Crippen LogP contribution < -0.4 is 0 Å². The molecular weight excluding hydrogens is 418 g/mol. The van der Waals surface area contributed by atoms with Crippen molar-refractivity contribution in [1.82, 2.24) is 9.80 Å². The minimum Gasteiger partial charge on any atom is -0.464 e. The van der Waals surface area contributed by atoms with Crippen LogP contribution in [0, 0.1) is 10.1 Å². The molecule has 0 saturated heterocycles. The summed E-state index contributed by atoms with van der Waals surface area (Å²) in [5.74, 6) is -2.78. The highest BCUT2D eigenvalue weighted by atomic mass is 16.6. The van der Waals surface area contributed by atoms with Crippen LogP contribution in [-0.4, -0.2) is 57.6 Å². The lowest BCUT2D eigenvalue weighted by Crippen LogP contribution is -2.48. The molecule has 3 rings (SSSR count). The Morgan fingerprint density at radius 1 is 1.09 bits per heavy atom. The van der Waals surface area contributed by atoms with E-state index in [1.807, 2.05) is 6.07 Å². The van der Waals surface area contributed by atoms with Crippen molar-refractivity contribution in [2.75, 3.05) is 13.2 Å². The standard InChI is InChI=1S/C22H21N3O7/c1-3-32-22(29)14(2)23(12-15-7-5-4-6-8-15)19(26)13-24-20(27)17-10-9-16(25(30)31)11-18(17)21(24)28/h4-11,14H,3,12-13H2,1-2H3. The molecule has 166 valence electrons. The van der Waals surface area contributed by atoms with E-state index in [4.69, 9.17) is 4.74 Å². The van der Waals surface area contributed by atoms with Crippen molar-refractivity contribution in [2.45, 2.75) is 26.4 Å². The van der Waals surface area contributed by atoms with E-state index in [9.17, 15) is 29.3 Å². The maximum atomic E-state index is 13.1. The number of nitro groups is 1. The topological polar surface area (TPSA) is 127 Å². The third-order valence-corrected chi connectivity index (χ3v) is 5.07. The van der Waals surface area contributed by atoms with Crippen molar-refractivity contribution in [2.24, 2.45) is 0 Å². The van der Waals surface area contributed by atoms with Gasteiger partial charge in [0.25, 0.3) is 17.5 Å². The molecule has 2 aromatic rings. The number of ether oxygens (including phenoxy) is 1. The van der Waals surface area contributed by atoms with E-state index in [0.29, 0.717) is 0 Å². The first-order valence-corrected chi connectivity index (χ1v) is 9.89. The molecular formula is C22H21N3O7. The number of hydrogen-bond acceptors (Lipinski definition) is 7. The number of rotatable bonds is 8.